The molecule has 2 amide bonds. The Morgan fingerprint density at radius 1 is 1.29 bits per heavy atom. The van der Waals surface area contributed by atoms with Gasteiger partial charge in [-0.15, -0.1) is 0 Å². The number of ether oxygens (including phenoxy) is 2. The summed E-state index contributed by atoms with van der Waals surface area (Å²) in [6.45, 7) is 4.59. The first-order valence-electron chi connectivity index (χ1n) is 7.70. The van der Waals surface area contributed by atoms with Crippen LogP contribution in [0.3, 0.4) is 0 Å². The van der Waals surface area contributed by atoms with E-state index in [1.165, 1.54) is 25.1 Å². The largest absolute Gasteiger partial charge is 0.416 e. The zero-order chi connectivity index (χ0) is 17.8. The highest BCUT2D eigenvalue weighted by Gasteiger charge is 2.34. The molecule has 1 aromatic carbocycles. The van der Waals surface area contributed by atoms with Crippen molar-refractivity contribution in [3.05, 3.63) is 35.4 Å². The summed E-state index contributed by atoms with van der Waals surface area (Å²) in [5, 5.41) is 5.12. The summed E-state index contributed by atoms with van der Waals surface area (Å²) in [6.07, 6.45) is -4.01. The van der Waals surface area contributed by atoms with Gasteiger partial charge in [0, 0.05) is 13.0 Å². The van der Waals surface area contributed by atoms with Crippen molar-refractivity contribution in [2.24, 2.45) is 0 Å². The van der Waals surface area contributed by atoms with Crippen molar-refractivity contribution >= 4 is 6.03 Å². The van der Waals surface area contributed by atoms with E-state index in [2.05, 4.69) is 10.6 Å². The van der Waals surface area contributed by atoms with Gasteiger partial charge in [-0.05, 0) is 25.5 Å². The Kier molecular flexibility index (Phi) is 5.71. The maximum atomic E-state index is 13.0. The normalized spacial score (nSPS) is 18.2. The minimum Gasteiger partial charge on any atom is -0.348 e. The molecule has 1 atom stereocenters. The Labute approximate surface area is 138 Å². The number of hydrogen-bond acceptors (Lipinski definition) is 3. The minimum atomic E-state index is -4.46. The van der Waals surface area contributed by atoms with Gasteiger partial charge in [-0.25, -0.2) is 4.79 Å². The average Bonchev–Trinajstić information content (AvgIpc) is 2.93. The molecule has 0 bridgehead atoms. The molecule has 5 nitrogen and oxygen atoms in total. The third-order valence-electron chi connectivity index (χ3n) is 3.84. The number of urea groups is 1. The number of nitrogens with one attached hydrogen (secondary N) is 2. The van der Waals surface area contributed by atoms with Crippen LogP contribution in [0, 0.1) is 0 Å². The van der Waals surface area contributed by atoms with Crippen molar-refractivity contribution in [1.29, 1.82) is 0 Å². The second-order valence-corrected chi connectivity index (χ2v) is 5.79. The molecule has 0 unspecified atom stereocenters. The van der Waals surface area contributed by atoms with E-state index in [4.69, 9.17) is 9.47 Å². The number of carbonyl (C=O) groups excluding carboxylic acids is 1. The molecule has 0 aliphatic carbocycles. The van der Waals surface area contributed by atoms with Gasteiger partial charge in [0.25, 0.3) is 0 Å². The highest BCUT2D eigenvalue weighted by Crippen LogP contribution is 2.34. The molecule has 1 heterocycles. The molecule has 134 valence electrons. The van der Waals surface area contributed by atoms with Gasteiger partial charge >= 0.3 is 12.2 Å². The second-order valence-electron chi connectivity index (χ2n) is 5.79. The number of carbonyl (C=O) groups is 1. The van der Waals surface area contributed by atoms with Gasteiger partial charge < -0.3 is 20.1 Å². The van der Waals surface area contributed by atoms with Crippen LogP contribution in [0.4, 0.5) is 18.0 Å². The first-order valence-corrected chi connectivity index (χ1v) is 7.70. The quantitative estimate of drug-likeness (QED) is 0.861. The fourth-order valence-electron chi connectivity index (χ4n) is 2.56. The third-order valence-corrected chi connectivity index (χ3v) is 3.84. The van der Waals surface area contributed by atoms with Crippen LogP contribution >= 0.6 is 0 Å². The minimum absolute atomic E-state index is 0.0228. The number of rotatable bonds is 5. The van der Waals surface area contributed by atoms with Crippen molar-refractivity contribution in [1.82, 2.24) is 10.6 Å². The molecule has 2 N–H and O–H groups in total. The summed E-state index contributed by atoms with van der Waals surface area (Å²) in [7, 11) is 0. The summed E-state index contributed by atoms with van der Waals surface area (Å²) < 4.78 is 49.8. The molecule has 0 aromatic heterocycles. The van der Waals surface area contributed by atoms with Crippen molar-refractivity contribution in [2.45, 2.75) is 38.3 Å². The summed E-state index contributed by atoms with van der Waals surface area (Å²) in [6, 6.07) is 3.87. The standard InChI is InChI=1S/C16H21F3N2O3/c1-11(12-5-3-4-6-13(12)16(17,18)19)21-14(22)20-8-7-15(2)23-9-10-24-15/h3-6,11H,7-10H2,1-2H3,(H2,20,21,22)/t11-/m1/s1. The molecule has 1 aliphatic heterocycles. The second kappa shape index (κ2) is 7.40. The number of hydrogen-bond donors (Lipinski definition) is 2. The van der Waals surface area contributed by atoms with E-state index in [0.717, 1.165) is 6.07 Å². The monoisotopic (exact) mass is 346 g/mol. The average molecular weight is 346 g/mol. The van der Waals surface area contributed by atoms with Crippen LogP contribution in [-0.4, -0.2) is 31.6 Å². The molecular formula is C16H21F3N2O3. The van der Waals surface area contributed by atoms with Crippen LogP contribution in [0.25, 0.3) is 0 Å². The fourth-order valence-corrected chi connectivity index (χ4v) is 2.56. The van der Waals surface area contributed by atoms with Crippen LogP contribution < -0.4 is 10.6 Å². The maximum Gasteiger partial charge on any atom is 0.416 e. The lowest BCUT2D eigenvalue weighted by atomic mass is 10.0. The van der Waals surface area contributed by atoms with Crippen molar-refractivity contribution in [2.75, 3.05) is 19.8 Å². The Balaban J connectivity index is 1.88. The first-order chi connectivity index (χ1) is 11.2. The van der Waals surface area contributed by atoms with E-state index in [9.17, 15) is 18.0 Å². The van der Waals surface area contributed by atoms with Gasteiger partial charge in [-0.2, -0.15) is 13.2 Å². The van der Waals surface area contributed by atoms with Crippen molar-refractivity contribution in [3.8, 4) is 0 Å². The van der Waals surface area contributed by atoms with Gasteiger partial charge in [0.15, 0.2) is 5.79 Å². The molecule has 0 radical (unpaired) electrons. The molecule has 2 rings (SSSR count). The van der Waals surface area contributed by atoms with Crippen LogP contribution in [0.2, 0.25) is 0 Å². The summed E-state index contributed by atoms with van der Waals surface area (Å²) in [5.74, 6) is -0.720. The highest BCUT2D eigenvalue weighted by atomic mass is 19.4. The van der Waals surface area contributed by atoms with Crippen LogP contribution in [0.5, 0.6) is 0 Å². The van der Waals surface area contributed by atoms with Gasteiger partial charge in [-0.1, -0.05) is 18.2 Å². The van der Waals surface area contributed by atoms with Crippen molar-refractivity contribution in [3.63, 3.8) is 0 Å². The number of benzene rings is 1. The Morgan fingerprint density at radius 3 is 2.54 bits per heavy atom. The molecule has 1 aromatic rings. The zero-order valence-electron chi connectivity index (χ0n) is 13.6. The summed E-state index contributed by atoms with van der Waals surface area (Å²) in [4.78, 5) is 11.9. The zero-order valence-corrected chi connectivity index (χ0v) is 13.6. The number of halogens is 3. The number of amides is 2. The SMILES string of the molecule is C[C@@H](NC(=O)NCCC1(C)OCCO1)c1ccccc1C(F)(F)F. The Morgan fingerprint density at radius 2 is 1.92 bits per heavy atom. The lowest BCUT2D eigenvalue weighted by Crippen LogP contribution is -2.40. The lowest BCUT2D eigenvalue weighted by molar-refractivity contribution is -0.145. The van der Waals surface area contributed by atoms with Gasteiger partial charge in [0.2, 0.25) is 0 Å². The highest BCUT2D eigenvalue weighted by molar-refractivity contribution is 5.74. The van der Waals surface area contributed by atoms with Crippen LogP contribution in [0.1, 0.15) is 37.4 Å². The molecule has 1 aliphatic rings. The van der Waals surface area contributed by atoms with E-state index >= 15 is 0 Å². The lowest BCUT2D eigenvalue weighted by Gasteiger charge is -2.23. The van der Waals surface area contributed by atoms with E-state index in [0.29, 0.717) is 19.6 Å². The number of alkyl halides is 3. The molecule has 0 saturated carbocycles. The maximum absolute atomic E-state index is 13.0. The van der Waals surface area contributed by atoms with E-state index in [1.54, 1.807) is 6.92 Å². The fraction of sp³-hybridized carbons (Fsp3) is 0.562. The predicted molar refractivity (Wildman–Crippen MR) is 81.3 cm³/mol. The van der Waals surface area contributed by atoms with Gasteiger partial charge in [0.1, 0.15) is 0 Å². The first kappa shape index (κ1) is 18.5. The molecular weight excluding hydrogens is 325 g/mol. The van der Waals surface area contributed by atoms with E-state index < -0.39 is 29.6 Å². The Bertz CT molecular complexity index is 572. The van der Waals surface area contributed by atoms with E-state index in [-0.39, 0.29) is 12.1 Å². The third kappa shape index (κ3) is 4.85. The van der Waals surface area contributed by atoms with Gasteiger partial charge in [-0.3, -0.25) is 0 Å². The van der Waals surface area contributed by atoms with Crippen LogP contribution in [-0.2, 0) is 15.7 Å². The topological polar surface area (TPSA) is 59.6 Å². The van der Waals surface area contributed by atoms with E-state index in [1.807, 2.05) is 0 Å². The van der Waals surface area contributed by atoms with Crippen molar-refractivity contribution < 1.29 is 27.4 Å². The molecule has 8 heteroatoms. The van der Waals surface area contributed by atoms with Gasteiger partial charge in [0.05, 0.1) is 24.8 Å². The molecule has 1 saturated heterocycles. The molecule has 1 fully saturated rings. The van der Waals surface area contributed by atoms with Crippen LogP contribution in [0.15, 0.2) is 24.3 Å². The summed E-state index contributed by atoms with van der Waals surface area (Å²) in [5.41, 5.74) is -0.729. The Hall–Kier alpha value is -1.80. The predicted octanol–water partition coefficient (Wildman–Crippen LogP) is 3.22. The molecule has 24 heavy (non-hydrogen) atoms. The molecule has 0 spiro atoms. The smallest absolute Gasteiger partial charge is 0.348 e. The summed E-state index contributed by atoms with van der Waals surface area (Å²) >= 11 is 0.